The van der Waals surface area contributed by atoms with Gasteiger partial charge in [-0.1, -0.05) is 23.7 Å². The normalized spacial score (nSPS) is 10.7. The molecule has 0 heterocycles. The van der Waals surface area contributed by atoms with E-state index < -0.39 is 24.7 Å². The molecule has 2 aromatic carbocycles. The highest BCUT2D eigenvalue weighted by molar-refractivity contribution is 6.30. The van der Waals surface area contributed by atoms with Crippen molar-refractivity contribution in [1.29, 1.82) is 5.26 Å². The first-order valence-corrected chi connectivity index (χ1v) is 9.32. The summed E-state index contributed by atoms with van der Waals surface area (Å²) in [6, 6.07) is 11.1. The van der Waals surface area contributed by atoms with Crippen molar-refractivity contribution in [2.24, 2.45) is 0 Å². The molecule has 176 valence electrons. The zero-order valence-electron chi connectivity index (χ0n) is 17.0. The fourth-order valence-electron chi connectivity index (χ4n) is 2.22. The predicted molar refractivity (Wildman–Crippen MR) is 111 cm³/mol. The zero-order chi connectivity index (χ0) is 25.0. The van der Waals surface area contributed by atoms with Crippen LogP contribution >= 0.6 is 11.6 Å². The third kappa shape index (κ3) is 10.4. The summed E-state index contributed by atoms with van der Waals surface area (Å²) in [4.78, 5) is 19.1. The molecule has 0 fully saturated rings. The fraction of sp³-hybridized carbons (Fsp3) is 0.190. The van der Waals surface area contributed by atoms with E-state index in [1.54, 1.807) is 19.2 Å². The second-order valence-corrected chi connectivity index (χ2v) is 6.48. The molecule has 2 rings (SSSR count). The van der Waals surface area contributed by atoms with Crippen molar-refractivity contribution in [2.45, 2.75) is 12.7 Å². The molecule has 33 heavy (non-hydrogen) atoms. The molecule has 0 radical (unpaired) electrons. The number of nitrogens with one attached hydrogen (secondary N) is 1. The van der Waals surface area contributed by atoms with Gasteiger partial charge in [0.2, 0.25) is 0 Å². The molecule has 0 bridgehead atoms. The largest absolute Gasteiger partial charge is 0.480 e. The number of ether oxygens (including phenoxy) is 2. The number of rotatable bonds is 8. The van der Waals surface area contributed by atoms with Crippen molar-refractivity contribution in [3.63, 3.8) is 0 Å². The molecule has 0 saturated heterocycles. The topological polar surface area (TPSA) is 129 Å². The van der Waals surface area contributed by atoms with Gasteiger partial charge in [0, 0.05) is 35.3 Å². The Morgan fingerprint density at radius 1 is 1.15 bits per heavy atom. The van der Waals surface area contributed by atoms with Crippen LogP contribution in [-0.4, -0.2) is 42.0 Å². The summed E-state index contributed by atoms with van der Waals surface area (Å²) in [5, 5.41) is 28.0. The number of carboxylic acids is 2. The standard InChI is InChI=1S/C17H14ClF3N2O2.C4H4O4/c1-23-9-12-3-2-4-14(16(12)24-10-17(19,20)21)25-15-7-13(18)6-5-11(15)8-22;5-3(6)1-2-4(7)8/h2-7,23H,9-10H2,1H3;1-2H,(H,5,6)(H,7,8). The second-order valence-electron chi connectivity index (χ2n) is 6.04. The van der Waals surface area contributed by atoms with Crippen LogP contribution in [0.2, 0.25) is 5.02 Å². The average molecular weight is 487 g/mol. The number of halogens is 4. The Hall–Kier alpha value is -3.75. The van der Waals surface area contributed by atoms with E-state index >= 15 is 0 Å². The van der Waals surface area contributed by atoms with Gasteiger partial charge in [0.1, 0.15) is 11.8 Å². The van der Waals surface area contributed by atoms with E-state index in [4.69, 9.17) is 36.5 Å². The molecule has 0 atom stereocenters. The zero-order valence-corrected chi connectivity index (χ0v) is 17.8. The lowest BCUT2D eigenvalue weighted by Crippen LogP contribution is -2.20. The molecular formula is C21H18ClF3N2O6. The Bertz CT molecular complexity index is 1040. The summed E-state index contributed by atoms with van der Waals surface area (Å²) < 4.78 is 48.2. The first-order chi connectivity index (χ1) is 15.5. The van der Waals surface area contributed by atoms with E-state index in [2.05, 4.69) is 5.32 Å². The highest BCUT2D eigenvalue weighted by Crippen LogP contribution is 2.37. The van der Waals surface area contributed by atoms with Gasteiger partial charge in [-0.3, -0.25) is 0 Å². The Morgan fingerprint density at radius 2 is 1.79 bits per heavy atom. The van der Waals surface area contributed by atoms with Gasteiger partial charge in [-0.25, -0.2) is 9.59 Å². The fourth-order valence-corrected chi connectivity index (χ4v) is 2.39. The number of hydrogen-bond donors (Lipinski definition) is 3. The van der Waals surface area contributed by atoms with Crippen LogP contribution in [0.15, 0.2) is 48.6 Å². The summed E-state index contributed by atoms with van der Waals surface area (Å²) in [5.74, 6) is -2.36. The number of aliphatic carboxylic acids is 2. The number of nitrogens with zero attached hydrogens (tertiary/aromatic N) is 1. The monoisotopic (exact) mass is 486 g/mol. The predicted octanol–water partition coefficient (Wildman–Crippen LogP) is 4.38. The van der Waals surface area contributed by atoms with Crippen LogP contribution in [0.4, 0.5) is 13.2 Å². The number of alkyl halides is 3. The van der Waals surface area contributed by atoms with Gasteiger partial charge in [0.15, 0.2) is 18.1 Å². The van der Waals surface area contributed by atoms with Gasteiger partial charge in [-0.2, -0.15) is 18.4 Å². The van der Waals surface area contributed by atoms with E-state index in [1.165, 1.54) is 24.3 Å². The molecule has 12 heteroatoms. The van der Waals surface area contributed by atoms with Crippen molar-refractivity contribution in [2.75, 3.05) is 13.7 Å². The van der Waals surface area contributed by atoms with Crippen molar-refractivity contribution in [3.8, 4) is 23.3 Å². The molecular weight excluding hydrogens is 469 g/mol. The van der Waals surface area contributed by atoms with Crippen LogP contribution < -0.4 is 14.8 Å². The quantitative estimate of drug-likeness (QED) is 0.469. The molecule has 0 saturated carbocycles. The number of benzene rings is 2. The SMILES string of the molecule is CNCc1cccc(Oc2cc(Cl)ccc2C#N)c1OCC(F)(F)F.O=C(O)C=CC(=O)O. The van der Waals surface area contributed by atoms with Gasteiger partial charge in [-0.05, 0) is 25.2 Å². The van der Waals surface area contributed by atoms with E-state index in [1.807, 2.05) is 6.07 Å². The summed E-state index contributed by atoms with van der Waals surface area (Å²) in [6.45, 7) is -1.17. The number of nitriles is 1. The lowest BCUT2D eigenvalue weighted by molar-refractivity contribution is -0.153. The first-order valence-electron chi connectivity index (χ1n) is 8.94. The van der Waals surface area contributed by atoms with Crippen molar-refractivity contribution in [3.05, 3.63) is 64.7 Å². The molecule has 0 aliphatic carbocycles. The minimum atomic E-state index is -4.49. The molecule has 0 aromatic heterocycles. The third-order valence-electron chi connectivity index (χ3n) is 3.46. The number of carbonyl (C=O) groups is 2. The highest BCUT2D eigenvalue weighted by atomic mass is 35.5. The minimum absolute atomic E-state index is 0.0435. The molecule has 0 aliphatic heterocycles. The molecule has 8 nitrogen and oxygen atoms in total. The maximum absolute atomic E-state index is 12.5. The van der Waals surface area contributed by atoms with Gasteiger partial charge in [-0.15, -0.1) is 0 Å². The summed E-state index contributed by atoms with van der Waals surface area (Å²) in [6.07, 6.45) is -3.37. The Kier molecular flexibility index (Phi) is 10.7. The second kappa shape index (κ2) is 12.9. The Balaban J connectivity index is 0.000000582. The number of hydrogen-bond acceptors (Lipinski definition) is 6. The van der Waals surface area contributed by atoms with E-state index in [-0.39, 0.29) is 29.4 Å². The number of para-hydroxylation sites is 1. The number of carboxylic acid groups (broad SMARTS) is 2. The summed E-state index contributed by atoms with van der Waals surface area (Å²) in [7, 11) is 1.66. The average Bonchev–Trinajstić information content (AvgIpc) is 2.72. The van der Waals surface area contributed by atoms with Gasteiger partial charge in [0.05, 0.1) is 5.56 Å². The van der Waals surface area contributed by atoms with Gasteiger partial charge < -0.3 is 25.0 Å². The van der Waals surface area contributed by atoms with Crippen LogP contribution in [0, 0.1) is 11.3 Å². The van der Waals surface area contributed by atoms with Crippen LogP contribution in [-0.2, 0) is 16.1 Å². The van der Waals surface area contributed by atoms with Gasteiger partial charge in [0.25, 0.3) is 0 Å². The molecule has 3 N–H and O–H groups in total. The van der Waals surface area contributed by atoms with Crippen molar-refractivity contribution >= 4 is 23.5 Å². The smallest absolute Gasteiger partial charge is 0.422 e. The first kappa shape index (κ1) is 27.3. The molecule has 2 aromatic rings. The summed E-state index contributed by atoms with van der Waals surface area (Å²) >= 11 is 5.90. The van der Waals surface area contributed by atoms with Crippen LogP contribution in [0.5, 0.6) is 17.2 Å². The Labute approximate surface area is 191 Å². The lowest BCUT2D eigenvalue weighted by Gasteiger charge is -2.17. The maximum Gasteiger partial charge on any atom is 0.422 e. The van der Waals surface area contributed by atoms with Crippen molar-refractivity contribution < 1.29 is 42.4 Å². The molecule has 0 unspecified atom stereocenters. The summed E-state index contributed by atoms with van der Waals surface area (Å²) in [5.41, 5.74) is 0.690. The van der Waals surface area contributed by atoms with Crippen LogP contribution in [0.25, 0.3) is 0 Å². The van der Waals surface area contributed by atoms with E-state index in [9.17, 15) is 22.8 Å². The van der Waals surface area contributed by atoms with Crippen molar-refractivity contribution in [1.82, 2.24) is 5.32 Å². The van der Waals surface area contributed by atoms with Crippen LogP contribution in [0.3, 0.4) is 0 Å². The Morgan fingerprint density at radius 3 is 2.30 bits per heavy atom. The highest BCUT2D eigenvalue weighted by Gasteiger charge is 2.29. The van der Waals surface area contributed by atoms with E-state index in [0.717, 1.165) is 0 Å². The molecule has 0 spiro atoms. The maximum atomic E-state index is 12.5. The third-order valence-corrected chi connectivity index (χ3v) is 3.70. The van der Waals surface area contributed by atoms with Crippen LogP contribution in [0.1, 0.15) is 11.1 Å². The lowest BCUT2D eigenvalue weighted by atomic mass is 10.1. The van der Waals surface area contributed by atoms with Gasteiger partial charge >= 0.3 is 18.1 Å². The molecule has 0 aliphatic rings. The minimum Gasteiger partial charge on any atom is -0.480 e. The van der Waals surface area contributed by atoms with E-state index in [0.29, 0.717) is 22.7 Å². The molecule has 0 amide bonds.